The lowest BCUT2D eigenvalue weighted by molar-refractivity contribution is 0.199. The van der Waals surface area contributed by atoms with Crippen LogP contribution in [0.25, 0.3) is 0 Å². The van der Waals surface area contributed by atoms with Crippen LogP contribution in [0, 0.1) is 0 Å². The first-order valence-electron chi connectivity index (χ1n) is 6.36. The molecule has 0 aliphatic heterocycles. The summed E-state index contributed by atoms with van der Waals surface area (Å²) in [5.41, 5.74) is 2.07. The van der Waals surface area contributed by atoms with Gasteiger partial charge in [0.15, 0.2) is 0 Å². The molecule has 0 fully saturated rings. The van der Waals surface area contributed by atoms with E-state index < -0.39 is 6.10 Å². The van der Waals surface area contributed by atoms with Crippen molar-refractivity contribution in [3.05, 3.63) is 50.6 Å². The first-order chi connectivity index (χ1) is 9.11. The summed E-state index contributed by atoms with van der Waals surface area (Å²) in [5, 5.41) is 12.1. The van der Waals surface area contributed by atoms with Gasteiger partial charge >= 0.3 is 0 Å². The minimum Gasteiger partial charge on any atom is -0.389 e. The van der Waals surface area contributed by atoms with Gasteiger partial charge < -0.3 is 10.0 Å². The second-order valence-corrected chi connectivity index (χ2v) is 6.42. The van der Waals surface area contributed by atoms with Gasteiger partial charge in [0.1, 0.15) is 0 Å². The summed E-state index contributed by atoms with van der Waals surface area (Å²) in [5.74, 6) is 0. The second-order valence-electron chi connectivity index (χ2n) is 4.47. The summed E-state index contributed by atoms with van der Waals surface area (Å²) in [6.07, 6.45) is -0.468. The number of hydrogen-bond donors (Lipinski definition) is 1. The van der Waals surface area contributed by atoms with Gasteiger partial charge in [-0.15, -0.1) is 11.3 Å². The van der Waals surface area contributed by atoms with Crippen LogP contribution in [0.1, 0.15) is 30.4 Å². The van der Waals surface area contributed by atoms with Crippen molar-refractivity contribution >= 4 is 33.0 Å². The van der Waals surface area contributed by atoms with Gasteiger partial charge in [-0.05, 0) is 43.5 Å². The molecule has 0 spiro atoms. The fourth-order valence-corrected chi connectivity index (χ4v) is 3.20. The van der Waals surface area contributed by atoms with Crippen LogP contribution < -0.4 is 4.90 Å². The van der Waals surface area contributed by atoms with Crippen molar-refractivity contribution in [1.82, 2.24) is 0 Å². The Bertz CT molecular complexity index is 525. The molecule has 4 heteroatoms. The maximum absolute atomic E-state index is 9.95. The molecule has 2 aromatic rings. The van der Waals surface area contributed by atoms with Crippen molar-refractivity contribution in [2.75, 3.05) is 11.4 Å². The predicted molar refractivity (Wildman–Crippen MR) is 85.8 cm³/mol. The molecule has 19 heavy (non-hydrogen) atoms. The van der Waals surface area contributed by atoms with Gasteiger partial charge in [-0.2, -0.15) is 0 Å². The smallest absolute Gasteiger partial charge is 0.0782 e. The molecule has 1 unspecified atom stereocenters. The summed E-state index contributed by atoms with van der Waals surface area (Å²) in [4.78, 5) is 3.63. The number of anilines is 1. The van der Waals surface area contributed by atoms with Crippen LogP contribution in [0.2, 0.25) is 0 Å². The number of halogens is 1. The van der Waals surface area contributed by atoms with Crippen LogP contribution in [0.3, 0.4) is 0 Å². The molecule has 1 atom stereocenters. The highest BCUT2D eigenvalue weighted by molar-refractivity contribution is 9.10. The van der Waals surface area contributed by atoms with Crippen LogP contribution in [-0.2, 0) is 6.54 Å². The standard InChI is InChI=1S/C15H18BrNOS/c1-3-17(10-13-5-4-8-19-13)15-7-6-12(16)9-14(15)11(2)18/h4-9,11,18H,3,10H2,1-2H3. The molecule has 0 aliphatic carbocycles. The zero-order valence-corrected chi connectivity index (χ0v) is 13.5. The summed E-state index contributed by atoms with van der Waals surface area (Å²) in [7, 11) is 0. The van der Waals surface area contributed by atoms with Gasteiger partial charge in [-0.3, -0.25) is 0 Å². The summed E-state index contributed by atoms with van der Waals surface area (Å²) < 4.78 is 0.999. The Morgan fingerprint density at radius 1 is 1.37 bits per heavy atom. The zero-order chi connectivity index (χ0) is 13.8. The van der Waals surface area contributed by atoms with Crippen LogP contribution in [-0.4, -0.2) is 11.7 Å². The first kappa shape index (κ1) is 14.6. The van der Waals surface area contributed by atoms with Crippen molar-refractivity contribution in [1.29, 1.82) is 0 Å². The third-order valence-electron chi connectivity index (χ3n) is 3.09. The lowest BCUT2D eigenvalue weighted by Gasteiger charge is -2.26. The van der Waals surface area contributed by atoms with E-state index in [-0.39, 0.29) is 0 Å². The molecular weight excluding hydrogens is 322 g/mol. The Hall–Kier alpha value is -0.840. The molecule has 0 amide bonds. The highest BCUT2D eigenvalue weighted by atomic mass is 79.9. The average Bonchev–Trinajstić information content (AvgIpc) is 2.89. The normalized spacial score (nSPS) is 12.4. The van der Waals surface area contributed by atoms with Crippen molar-refractivity contribution in [2.45, 2.75) is 26.5 Å². The maximum Gasteiger partial charge on any atom is 0.0782 e. The van der Waals surface area contributed by atoms with Gasteiger partial charge in [-0.1, -0.05) is 22.0 Å². The van der Waals surface area contributed by atoms with E-state index in [0.29, 0.717) is 0 Å². The van der Waals surface area contributed by atoms with Crippen LogP contribution in [0.15, 0.2) is 40.2 Å². The number of nitrogens with zero attached hydrogens (tertiary/aromatic N) is 1. The number of rotatable bonds is 5. The minimum atomic E-state index is -0.468. The summed E-state index contributed by atoms with van der Waals surface area (Å²) >= 11 is 5.23. The average molecular weight is 340 g/mol. The Balaban J connectivity index is 2.32. The Kier molecular flexibility index (Phi) is 5.02. The number of hydrogen-bond acceptors (Lipinski definition) is 3. The number of thiophene rings is 1. The molecule has 0 bridgehead atoms. The van der Waals surface area contributed by atoms with Crippen molar-refractivity contribution < 1.29 is 5.11 Å². The molecule has 2 rings (SSSR count). The molecule has 0 saturated carbocycles. The van der Waals surface area contributed by atoms with E-state index >= 15 is 0 Å². The summed E-state index contributed by atoms with van der Waals surface area (Å²) in [6.45, 7) is 5.75. The van der Waals surface area contributed by atoms with E-state index in [1.165, 1.54) is 4.88 Å². The molecule has 2 nitrogen and oxygen atoms in total. The lowest BCUT2D eigenvalue weighted by atomic mass is 10.1. The Morgan fingerprint density at radius 3 is 2.74 bits per heavy atom. The van der Waals surface area contributed by atoms with Crippen LogP contribution in [0.4, 0.5) is 5.69 Å². The van der Waals surface area contributed by atoms with Gasteiger partial charge in [0, 0.05) is 27.1 Å². The van der Waals surface area contributed by atoms with Crippen LogP contribution >= 0.6 is 27.3 Å². The SMILES string of the molecule is CCN(Cc1cccs1)c1ccc(Br)cc1C(C)O. The molecule has 1 aromatic carbocycles. The van der Waals surface area contributed by atoms with Gasteiger partial charge in [-0.25, -0.2) is 0 Å². The number of aliphatic hydroxyl groups is 1. The predicted octanol–water partition coefficient (Wildman–Crippen LogP) is 4.59. The molecule has 102 valence electrons. The van der Waals surface area contributed by atoms with Gasteiger partial charge in [0.25, 0.3) is 0 Å². The molecule has 0 aliphatic rings. The van der Waals surface area contributed by atoms with E-state index in [0.717, 1.165) is 28.8 Å². The van der Waals surface area contributed by atoms with Crippen LogP contribution in [0.5, 0.6) is 0 Å². The largest absolute Gasteiger partial charge is 0.389 e. The molecule has 0 saturated heterocycles. The first-order valence-corrected chi connectivity index (χ1v) is 8.04. The maximum atomic E-state index is 9.95. The molecule has 1 aromatic heterocycles. The number of aliphatic hydroxyl groups excluding tert-OH is 1. The van der Waals surface area contributed by atoms with E-state index in [9.17, 15) is 5.11 Å². The topological polar surface area (TPSA) is 23.5 Å². The minimum absolute atomic E-state index is 0.468. The quantitative estimate of drug-likeness (QED) is 0.860. The van der Waals surface area contributed by atoms with E-state index in [2.05, 4.69) is 51.3 Å². The van der Waals surface area contributed by atoms with Crippen molar-refractivity contribution in [2.24, 2.45) is 0 Å². The summed E-state index contributed by atoms with van der Waals surface area (Å²) in [6, 6.07) is 10.3. The molecule has 0 radical (unpaired) electrons. The van der Waals surface area contributed by atoms with Crippen molar-refractivity contribution in [3.8, 4) is 0 Å². The zero-order valence-electron chi connectivity index (χ0n) is 11.1. The Morgan fingerprint density at radius 2 is 2.16 bits per heavy atom. The lowest BCUT2D eigenvalue weighted by Crippen LogP contribution is -2.23. The second kappa shape index (κ2) is 6.55. The van der Waals surface area contributed by atoms with Gasteiger partial charge in [0.2, 0.25) is 0 Å². The Labute approximate surface area is 126 Å². The monoisotopic (exact) mass is 339 g/mol. The number of benzene rings is 1. The third kappa shape index (κ3) is 3.59. The van der Waals surface area contributed by atoms with E-state index in [1.807, 2.05) is 19.1 Å². The molecular formula is C15H18BrNOS. The van der Waals surface area contributed by atoms with E-state index in [1.54, 1.807) is 11.3 Å². The highest BCUT2D eigenvalue weighted by Crippen LogP contribution is 2.30. The molecule has 1 heterocycles. The highest BCUT2D eigenvalue weighted by Gasteiger charge is 2.14. The van der Waals surface area contributed by atoms with E-state index in [4.69, 9.17) is 0 Å². The van der Waals surface area contributed by atoms with Gasteiger partial charge in [0.05, 0.1) is 12.6 Å². The fraction of sp³-hybridized carbons (Fsp3) is 0.333. The third-order valence-corrected chi connectivity index (χ3v) is 4.44. The van der Waals surface area contributed by atoms with Crippen molar-refractivity contribution in [3.63, 3.8) is 0 Å². The molecule has 1 N–H and O–H groups in total. The fourth-order valence-electron chi connectivity index (χ4n) is 2.11.